The molecule has 4 fully saturated rings. The zero-order valence-corrected chi connectivity index (χ0v) is 22.8. The summed E-state index contributed by atoms with van der Waals surface area (Å²) in [5.74, 6) is 0.648. The minimum absolute atomic E-state index is 0.0426. The van der Waals surface area contributed by atoms with E-state index in [1.165, 1.54) is 0 Å². The second-order valence-electron chi connectivity index (χ2n) is 11.3. The van der Waals surface area contributed by atoms with Crippen LogP contribution in [-0.2, 0) is 20.9 Å². The molecule has 2 saturated heterocycles. The number of nitrogens with zero attached hydrogens (tertiary/aromatic N) is 3. The first-order valence-corrected chi connectivity index (χ1v) is 14.1. The van der Waals surface area contributed by atoms with E-state index in [1.54, 1.807) is 29.0 Å². The highest BCUT2D eigenvalue weighted by molar-refractivity contribution is 6.42. The number of hydrogen-bond donors (Lipinski definition) is 2. The lowest BCUT2D eigenvalue weighted by Crippen LogP contribution is -2.60. The molecule has 0 spiro atoms. The Morgan fingerprint density at radius 3 is 2.51 bits per heavy atom. The van der Waals surface area contributed by atoms with Crippen LogP contribution < -0.4 is 5.32 Å². The van der Waals surface area contributed by atoms with E-state index in [-0.39, 0.29) is 36.2 Å². The van der Waals surface area contributed by atoms with Crippen LogP contribution in [0, 0.1) is 17.8 Å². The number of benzene rings is 1. The van der Waals surface area contributed by atoms with Crippen molar-refractivity contribution >= 4 is 40.9 Å². The Bertz CT molecular complexity index is 1060. The van der Waals surface area contributed by atoms with Crippen molar-refractivity contribution in [3.63, 3.8) is 0 Å². The van der Waals surface area contributed by atoms with E-state index in [0.29, 0.717) is 61.0 Å². The molecule has 2 aliphatic carbocycles. The normalized spacial score (nSPS) is 27.6. The molecule has 4 aliphatic rings. The lowest BCUT2D eigenvalue weighted by Gasteiger charge is -2.46. The molecule has 0 bridgehead atoms. The fraction of sp³-hybridized carbons (Fsp3) is 0.667. The number of amides is 3. The molecule has 2 saturated carbocycles. The van der Waals surface area contributed by atoms with E-state index in [9.17, 15) is 19.5 Å². The van der Waals surface area contributed by atoms with Crippen molar-refractivity contribution in [1.29, 1.82) is 0 Å². The minimum atomic E-state index is -1.10. The fourth-order valence-electron chi connectivity index (χ4n) is 6.31. The number of likely N-dealkylation sites (N-methyl/N-ethyl adjacent to an activating group) is 1. The summed E-state index contributed by atoms with van der Waals surface area (Å²) in [6.07, 6.45) is 5.87. The number of rotatable bonds is 6. The number of carbonyl (C=O) groups is 3. The van der Waals surface area contributed by atoms with Crippen LogP contribution >= 0.6 is 23.2 Å². The SMILES string of the molecule is CN(Cc1ccc(Cl)c(Cl)c1)C(=O)CN1CNC2CCC(C3CCN(C(=O)C4(O)CC4)CC3)CC2C1=O. The van der Waals surface area contributed by atoms with E-state index in [1.807, 2.05) is 11.0 Å². The Morgan fingerprint density at radius 1 is 1.11 bits per heavy atom. The lowest BCUT2D eigenvalue weighted by molar-refractivity contribution is -0.149. The van der Waals surface area contributed by atoms with Crippen molar-refractivity contribution in [3.05, 3.63) is 33.8 Å². The molecule has 202 valence electrons. The van der Waals surface area contributed by atoms with Crippen molar-refractivity contribution < 1.29 is 19.5 Å². The summed E-state index contributed by atoms with van der Waals surface area (Å²) >= 11 is 12.1. The van der Waals surface area contributed by atoms with Gasteiger partial charge in [0.05, 0.1) is 22.6 Å². The quantitative estimate of drug-likeness (QED) is 0.568. The zero-order valence-electron chi connectivity index (χ0n) is 21.3. The predicted octanol–water partition coefficient (Wildman–Crippen LogP) is 2.89. The fourth-order valence-corrected chi connectivity index (χ4v) is 6.63. The average Bonchev–Trinajstić information content (AvgIpc) is 3.65. The molecule has 5 rings (SSSR count). The third-order valence-electron chi connectivity index (χ3n) is 8.83. The van der Waals surface area contributed by atoms with Crippen LogP contribution in [0.25, 0.3) is 0 Å². The van der Waals surface area contributed by atoms with Crippen molar-refractivity contribution in [2.75, 3.05) is 33.4 Å². The summed E-state index contributed by atoms with van der Waals surface area (Å²) in [7, 11) is 1.73. The molecule has 37 heavy (non-hydrogen) atoms. The second kappa shape index (κ2) is 10.7. The Labute approximate surface area is 228 Å². The van der Waals surface area contributed by atoms with Gasteiger partial charge in [-0.05, 0) is 74.5 Å². The summed E-state index contributed by atoms with van der Waals surface area (Å²) < 4.78 is 0. The standard InChI is InChI=1S/C27H36Cl2N4O4/c1-31(14-17-2-4-21(28)22(29)12-17)24(34)15-33-16-30-23-5-3-19(13-20(23)25(33)35)18-6-10-32(11-7-18)26(36)27(37)8-9-27/h2,4,12,18-20,23,30,37H,3,5-11,13-16H2,1H3. The summed E-state index contributed by atoms with van der Waals surface area (Å²) in [6, 6.07) is 5.47. The Morgan fingerprint density at radius 2 is 1.84 bits per heavy atom. The van der Waals surface area contributed by atoms with E-state index >= 15 is 0 Å². The Kier molecular flexibility index (Phi) is 7.74. The van der Waals surface area contributed by atoms with Crippen LogP contribution in [0.1, 0.15) is 50.5 Å². The predicted molar refractivity (Wildman–Crippen MR) is 141 cm³/mol. The van der Waals surface area contributed by atoms with Gasteiger partial charge in [0.2, 0.25) is 11.8 Å². The van der Waals surface area contributed by atoms with Gasteiger partial charge in [-0.1, -0.05) is 29.3 Å². The topological polar surface area (TPSA) is 93.2 Å². The van der Waals surface area contributed by atoms with Crippen LogP contribution in [0.15, 0.2) is 18.2 Å². The van der Waals surface area contributed by atoms with Gasteiger partial charge in [-0.15, -0.1) is 0 Å². The Hall–Kier alpha value is -1.87. The van der Waals surface area contributed by atoms with Crippen LogP contribution in [0.5, 0.6) is 0 Å². The average molecular weight is 552 g/mol. The molecular formula is C27H36Cl2N4O4. The number of hydrogen-bond acceptors (Lipinski definition) is 5. The zero-order chi connectivity index (χ0) is 26.3. The molecule has 8 nitrogen and oxygen atoms in total. The van der Waals surface area contributed by atoms with E-state index < -0.39 is 5.60 Å². The number of aliphatic hydroxyl groups is 1. The molecule has 2 heterocycles. The number of piperidine rings is 1. The summed E-state index contributed by atoms with van der Waals surface area (Å²) in [4.78, 5) is 43.9. The van der Waals surface area contributed by atoms with Gasteiger partial charge in [0.1, 0.15) is 12.1 Å². The molecule has 1 aromatic carbocycles. The maximum Gasteiger partial charge on any atom is 0.254 e. The van der Waals surface area contributed by atoms with Crippen LogP contribution in [0.2, 0.25) is 10.0 Å². The van der Waals surface area contributed by atoms with Gasteiger partial charge in [0.25, 0.3) is 5.91 Å². The summed E-state index contributed by atoms with van der Waals surface area (Å²) in [5.41, 5.74) is -0.218. The Balaban J connectivity index is 1.13. The number of halogens is 2. The largest absolute Gasteiger partial charge is 0.380 e. The van der Waals surface area contributed by atoms with Gasteiger partial charge in [-0.2, -0.15) is 0 Å². The van der Waals surface area contributed by atoms with Gasteiger partial charge in [-0.3, -0.25) is 19.7 Å². The molecule has 2 aliphatic heterocycles. The van der Waals surface area contributed by atoms with Crippen molar-refractivity contribution in [2.45, 2.75) is 63.1 Å². The molecule has 10 heteroatoms. The second-order valence-corrected chi connectivity index (χ2v) is 12.2. The molecule has 3 unspecified atom stereocenters. The first kappa shape index (κ1) is 26.7. The third-order valence-corrected chi connectivity index (χ3v) is 9.57. The summed E-state index contributed by atoms with van der Waals surface area (Å²) in [5, 5.41) is 14.6. The van der Waals surface area contributed by atoms with Crippen LogP contribution in [-0.4, -0.2) is 82.5 Å². The maximum absolute atomic E-state index is 13.4. The maximum atomic E-state index is 13.4. The molecule has 3 amide bonds. The van der Waals surface area contributed by atoms with Crippen molar-refractivity contribution in [1.82, 2.24) is 20.0 Å². The first-order chi connectivity index (χ1) is 17.6. The van der Waals surface area contributed by atoms with E-state index in [4.69, 9.17) is 23.2 Å². The van der Waals surface area contributed by atoms with Gasteiger partial charge < -0.3 is 19.8 Å². The molecule has 1 aromatic rings. The van der Waals surface area contributed by atoms with E-state index in [2.05, 4.69) is 5.32 Å². The van der Waals surface area contributed by atoms with Crippen molar-refractivity contribution in [2.24, 2.45) is 17.8 Å². The van der Waals surface area contributed by atoms with Gasteiger partial charge in [-0.25, -0.2) is 0 Å². The smallest absolute Gasteiger partial charge is 0.254 e. The minimum Gasteiger partial charge on any atom is -0.380 e. The molecular weight excluding hydrogens is 515 g/mol. The molecule has 0 radical (unpaired) electrons. The van der Waals surface area contributed by atoms with E-state index in [0.717, 1.165) is 37.7 Å². The van der Waals surface area contributed by atoms with Crippen molar-refractivity contribution in [3.8, 4) is 0 Å². The lowest BCUT2D eigenvalue weighted by atomic mass is 9.69. The van der Waals surface area contributed by atoms with Crippen LogP contribution in [0.3, 0.4) is 0 Å². The monoisotopic (exact) mass is 550 g/mol. The van der Waals surface area contributed by atoms with Gasteiger partial charge in [0.15, 0.2) is 0 Å². The van der Waals surface area contributed by atoms with Crippen LogP contribution in [0.4, 0.5) is 0 Å². The highest BCUT2D eigenvalue weighted by Gasteiger charge is 2.51. The molecule has 3 atom stereocenters. The highest BCUT2D eigenvalue weighted by atomic mass is 35.5. The highest BCUT2D eigenvalue weighted by Crippen LogP contribution is 2.42. The number of nitrogens with one attached hydrogen (secondary N) is 1. The number of fused-ring (bicyclic) bond motifs is 1. The number of carbonyl (C=O) groups excluding carboxylic acids is 3. The third kappa shape index (κ3) is 5.77. The van der Waals surface area contributed by atoms with Gasteiger partial charge >= 0.3 is 0 Å². The number of likely N-dealkylation sites (tertiary alicyclic amines) is 1. The summed E-state index contributed by atoms with van der Waals surface area (Å²) in [6.45, 7) is 2.20. The molecule has 0 aromatic heterocycles. The first-order valence-electron chi connectivity index (χ1n) is 13.4. The molecule has 2 N–H and O–H groups in total. The van der Waals surface area contributed by atoms with Gasteiger partial charge in [0, 0.05) is 32.7 Å².